The molecule has 4 heteroatoms. The predicted molar refractivity (Wildman–Crippen MR) is 66.2 cm³/mol. The number of nitrogens with one attached hydrogen (secondary N) is 1. The zero-order chi connectivity index (χ0) is 12.0. The van der Waals surface area contributed by atoms with Crippen molar-refractivity contribution in [1.29, 1.82) is 0 Å². The van der Waals surface area contributed by atoms with Crippen LogP contribution in [0.2, 0.25) is 0 Å². The molecule has 0 spiro atoms. The Hall–Kier alpha value is -0.610. The Morgan fingerprint density at radius 3 is 2.94 bits per heavy atom. The van der Waals surface area contributed by atoms with Crippen molar-refractivity contribution in [1.82, 2.24) is 10.2 Å². The van der Waals surface area contributed by atoms with Crippen molar-refractivity contribution >= 4 is 5.91 Å². The van der Waals surface area contributed by atoms with Gasteiger partial charge >= 0.3 is 0 Å². The number of carbonyl (C=O) groups is 1. The van der Waals surface area contributed by atoms with Crippen molar-refractivity contribution in [3.63, 3.8) is 0 Å². The lowest BCUT2D eigenvalue weighted by Crippen LogP contribution is -2.48. The molecule has 1 amide bonds. The first-order valence-corrected chi connectivity index (χ1v) is 6.38. The lowest BCUT2D eigenvalue weighted by molar-refractivity contribution is -0.122. The number of hydrogen-bond donors (Lipinski definition) is 2. The summed E-state index contributed by atoms with van der Waals surface area (Å²) in [6.45, 7) is 3.93. The van der Waals surface area contributed by atoms with Crippen molar-refractivity contribution in [2.24, 2.45) is 5.73 Å². The van der Waals surface area contributed by atoms with Crippen molar-refractivity contribution in [3.8, 4) is 0 Å². The van der Waals surface area contributed by atoms with E-state index in [9.17, 15) is 4.79 Å². The molecular weight excluding hydrogens is 202 g/mol. The van der Waals surface area contributed by atoms with E-state index in [-0.39, 0.29) is 11.9 Å². The number of amides is 1. The molecule has 0 aromatic carbocycles. The van der Waals surface area contributed by atoms with Gasteiger partial charge in [-0.25, -0.2) is 0 Å². The van der Waals surface area contributed by atoms with Crippen molar-refractivity contribution in [2.45, 2.75) is 51.1 Å². The van der Waals surface area contributed by atoms with Crippen LogP contribution < -0.4 is 11.1 Å². The van der Waals surface area contributed by atoms with Crippen molar-refractivity contribution in [3.05, 3.63) is 0 Å². The molecule has 1 aliphatic heterocycles. The molecule has 0 radical (unpaired) electrons. The summed E-state index contributed by atoms with van der Waals surface area (Å²) >= 11 is 0. The van der Waals surface area contributed by atoms with Gasteiger partial charge in [0.1, 0.15) is 0 Å². The van der Waals surface area contributed by atoms with E-state index in [1.807, 2.05) is 6.92 Å². The van der Waals surface area contributed by atoms with Gasteiger partial charge in [-0.3, -0.25) is 4.79 Å². The molecule has 0 aromatic rings. The smallest absolute Gasteiger partial charge is 0.236 e. The number of piperidine rings is 1. The second kappa shape index (κ2) is 6.86. The van der Waals surface area contributed by atoms with E-state index in [0.29, 0.717) is 6.04 Å². The van der Waals surface area contributed by atoms with Gasteiger partial charge in [0.05, 0.1) is 6.04 Å². The van der Waals surface area contributed by atoms with Gasteiger partial charge in [-0.05, 0) is 32.9 Å². The van der Waals surface area contributed by atoms with Crippen LogP contribution in [0.4, 0.5) is 0 Å². The summed E-state index contributed by atoms with van der Waals surface area (Å²) in [5.74, 6) is 0.000762. The number of rotatable bonds is 5. The fourth-order valence-corrected chi connectivity index (χ4v) is 2.19. The average Bonchev–Trinajstić information content (AvgIpc) is 2.28. The topological polar surface area (TPSA) is 58.4 Å². The minimum atomic E-state index is -0.334. The maximum absolute atomic E-state index is 11.6. The number of nitrogens with two attached hydrogens (primary N) is 1. The third kappa shape index (κ3) is 4.10. The maximum atomic E-state index is 11.6. The highest BCUT2D eigenvalue weighted by Crippen LogP contribution is 2.13. The minimum absolute atomic E-state index is 0.000762. The molecule has 4 nitrogen and oxygen atoms in total. The van der Waals surface area contributed by atoms with Crippen LogP contribution in [0, 0.1) is 0 Å². The van der Waals surface area contributed by atoms with E-state index >= 15 is 0 Å². The summed E-state index contributed by atoms with van der Waals surface area (Å²) < 4.78 is 0. The van der Waals surface area contributed by atoms with Crippen LogP contribution in [0.3, 0.4) is 0 Å². The molecule has 0 saturated carbocycles. The van der Waals surface area contributed by atoms with Gasteiger partial charge in [0.25, 0.3) is 0 Å². The summed E-state index contributed by atoms with van der Waals surface area (Å²) in [7, 11) is 2.13. The van der Waals surface area contributed by atoms with E-state index in [4.69, 9.17) is 5.73 Å². The highest BCUT2D eigenvalue weighted by atomic mass is 16.2. The molecule has 16 heavy (non-hydrogen) atoms. The number of likely N-dealkylation sites (N-methyl/N-ethyl adjacent to an activating group) is 1. The molecule has 1 rings (SSSR count). The van der Waals surface area contributed by atoms with E-state index in [1.165, 1.54) is 19.3 Å². The first-order chi connectivity index (χ1) is 7.65. The van der Waals surface area contributed by atoms with E-state index in [0.717, 1.165) is 25.9 Å². The van der Waals surface area contributed by atoms with Gasteiger partial charge in [-0.15, -0.1) is 0 Å². The Morgan fingerprint density at radius 1 is 1.56 bits per heavy atom. The molecular formula is C12H25N3O. The summed E-state index contributed by atoms with van der Waals surface area (Å²) in [4.78, 5) is 14.0. The highest BCUT2D eigenvalue weighted by Gasteiger charge is 2.20. The van der Waals surface area contributed by atoms with Crippen LogP contribution in [0.15, 0.2) is 0 Å². The van der Waals surface area contributed by atoms with Crippen molar-refractivity contribution in [2.75, 3.05) is 20.1 Å². The molecule has 1 fully saturated rings. The van der Waals surface area contributed by atoms with Crippen LogP contribution >= 0.6 is 0 Å². The predicted octanol–water partition coefficient (Wildman–Crippen LogP) is 0.714. The number of carbonyl (C=O) groups excluding carboxylic acids is 1. The van der Waals surface area contributed by atoms with Crippen LogP contribution in [-0.4, -0.2) is 43.0 Å². The van der Waals surface area contributed by atoms with Gasteiger partial charge in [-0.2, -0.15) is 0 Å². The molecule has 3 N–H and O–H groups in total. The number of likely N-dealkylation sites (tertiary alicyclic amines) is 1. The van der Waals surface area contributed by atoms with E-state index < -0.39 is 0 Å². The minimum Gasteiger partial charge on any atom is -0.353 e. The van der Waals surface area contributed by atoms with Gasteiger partial charge < -0.3 is 16.0 Å². The van der Waals surface area contributed by atoms with Crippen LogP contribution in [0.1, 0.15) is 39.0 Å². The molecule has 0 aromatic heterocycles. The van der Waals surface area contributed by atoms with Crippen LogP contribution in [0.25, 0.3) is 0 Å². The van der Waals surface area contributed by atoms with Gasteiger partial charge in [0, 0.05) is 12.6 Å². The fraction of sp³-hybridized carbons (Fsp3) is 0.917. The molecule has 0 bridgehead atoms. The summed E-state index contributed by atoms with van der Waals surface area (Å²) in [6.07, 6.45) is 5.45. The standard InChI is InChI=1S/C12H25N3O/c1-3-6-11(13)12(16)14-9-10-7-4-5-8-15(10)2/h10-11H,3-9,13H2,1-2H3,(H,14,16). The Kier molecular flexibility index (Phi) is 5.77. The summed E-state index contributed by atoms with van der Waals surface area (Å²) in [6, 6.07) is 0.158. The summed E-state index contributed by atoms with van der Waals surface area (Å²) in [5.41, 5.74) is 5.75. The zero-order valence-corrected chi connectivity index (χ0v) is 10.5. The molecule has 2 unspecified atom stereocenters. The lowest BCUT2D eigenvalue weighted by atomic mass is 10.0. The van der Waals surface area contributed by atoms with Crippen molar-refractivity contribution < 1.29 is 4.79 Å². The largest absolute Gasteiger partial charge is 0.353 e. The van der Waals surface area contributed by atoms with E-state index in [1.54, 1.807) is 0 Å². The molecule has 0 aliphatic carbocycles. The Morgan fingerprint density at radius 2 is 2.31 bits per heavy atom. The second-order valence-electron chi connectivity index (χ2n) is 4.77. The second-order valence-corrected chi connectivity index (χ2v) is 4.77. The zero-order valence-electron chi connectivity index (χ0n) is 10.5. The summed E-state index contributed by atoms with van der Waals surface area (Å²) in [5, 5.41) is 2.96. The Balaban J connectivity index is 2.24. The average molecular weight is 227 g/mol. The lowest BCUT2D eigenvalue weighted by Gasteiger charge is -2.32. The normalized spacial score (nSPS) is 24.1. The third-order valence-electron chi connectivity index (χ3n) is 3.37. The maximum Gasteiger partial charge on any atom is 0.236 e. The molecule has 1 heterocycles. The SMILES string of the molecule is CCCC(N)C(=O)NCC1CCCCN1C. The van der Waals surface area contributed by atoms with Gasteiger partial charge in [-0.1, -0.05) is 19.8 Å². The first-order valence-electron chi connectivity index (χ1n) is 6.38. The molecule has 2 atom stereocenters. The van der Waals surface area contributed by atoms with Gasteiger partial charge in [0.2, 0.25) is 5.91 Å². The number of hydrogen-bond acceptors (Lipinski definition) is 3. The molecule has 1 saturated heterocycles. The van der Waals surface area contributed by atoms with Crippen LogP contribution in [-0.2, 0) is 4.79 Å². The fourth-order valence-electron chi connectivity index (χ4n) is 2.19. The van der Waals surface area contributed by atoms with E-state index in [2.05, 4.69) is 17.3 Å². The monoisotopic (exact) mass is 227 g/mol. The van der Waals surface area contributed by atoms with Gasteiger partial charge in [0.15, 0.2) is 0 Å². The third-order valence-corrected chi connectivity index (χ3v) is 3.37. The Bertz CT molecular complexity index is 220. The highest BCUT2D eigenvalue weighted by molar-refractivity contribution is 5.81. The first kappa shape index (κ1) is 13.5. The van der Waals surface area contributed by atoms with Crippen LogP contribution in [0.5, 0.6) is 0 Å². The quantitative estimate of drug-likeness (QED) is 0.727. The molecule has 94 valence electrons. The molecule has 1 aliphatic rings. The Labute approximate surface area is 98.6 Å². The number of nitrogens with zero attached hydrogens (tertiary/aromatic N) is 1.